The van der Waals surface area contributed by atoms with Crippen LogP contribution in [0, 0.1) is 6.92 Å². The molecule has 0 radical (unpaired) electrons. The molecule has 0 bridgehead atoms. The van der Waals surface area contributed by atoms with Gasteiger partial charge in [-0.25, -0.2) is 0 Å². The second-order valence-electron chi connectivity index (χ2n) is 10.5. The van der Waals surface area contributed by atoms with Crippen molar-refractivity contribution in [3.8, 4) is 56.4 Å². The largest absolute Gasteiger partial charge is 0.458 e. The highest BCUT2D eigenvalue weighted by atomic mass is 16.5. The molecule has 40 heavy (non-hydrogen) atoms. The zero-order valence-electron chi connectivity index (χ0n) is 22.1. The van der Waals surface area contributed by atoms with Gasteiger partial charge >= 0.3 is 0 Å². The highest BCUT2D eigenvalue weighted by Crippen LogP contribution is 2.43. The average molecular weight is 512 g/mol. The number of aryl methyl sites for hydroxylation is 1. The Labute approximate surface area is 234 Å². The maximum Gasteiger partial charge on any atom is 0.260 e. The van der Waals surface area contributed by atoms with Gasteiger partial charge in [0, 0.05) is 16.6 Å². The molecule has 2 heterocycles. The van der Waals surface area contributed by atoms with Crippen molar-refractivity contribution < 1.29 is 9.47 Å². The molecule has 0 aromatic heterocycles. The third kappa shape index (κ3) is 3.51. The van der Waals surface area contributed by atoms with Gasteiger partial charge in [-0.3, -0.25) is 0 Å². The Bertz CT molecular complexity index is 1910. The van der Waals surface area contributed by atoms with Crippen LogP contribution in [-0.2, 0) is 0 Å². The first-order valence-corrected chi connectivity index (χ1v) is 13.7. The van der Waals surface area contributed by atoms with Gasteiger partial charge in [0.05, 0.1) is 0 Å². The standard InChI is InChI=1S/C37H25BO2/c1-24-11-8-9-16-28(24)27-19-21-33-32(23-27)38-31-18-10-17-29(25-12-4-2-5-13-25)36(31)40-34-22-20-30(37(39-33)35(34)38)26-14-6-3-7-15-26/h2-23H,1H3. The van der Waals surface area contributed by atoms with Crippen molar-refractivity contribution in [3.63, 3.8) is 0 Å². The third-order valence-corrected chi connectivity index (χ3v) is 8.17. The van der Waals surface area contributed by atoms with E-state index in [2.05, 4.69) is 128 Å². The highest BCUT2D eigenvalue weighted by molar-refractivity contribution is 6.98. The quantitative estimate of drug-likeness (QED) is 0.226. The van der Waals surface area contributed by atoms with Gasteiger partial charge in [-0.05, 0) is 63.9 Å². The molecule has 0 unspecified atom stereocenters. The number of fused-ring (bicyclic) bond motifs is 4. The minimum absolute atomic E-state index is 0.0196. The fraction of sp³-hybridized carbons (Fsp3) is 0.0270. The summed E-state index contributed by atoms with van der Waals surface area (Å²) >= 11 is 0. The highest BCUT2D eigenvalue weighted by Gasteiger charge is 2.42. The van der Waals surface area contributed by atoms with Crippen LogP contribution in [0.1, 0.15) is 5.56 Å². The van der Waals surface area contributed by atoms with Crippen molar-refractivity contribution in [1.29, 1.82) is 0 Å². The summed E-state index contributed by atoms with van der Waals surface area (Å²) in [6.45, 7) is 2.15. The maximum absolute atomic E-state index is 6.78. The molecule has 0 N–H and O–H groups in total. The predicted octanol–water partition coefficient (Wildman–Crippen LogP) is 7.72. The fourth-order valence-electron chi connectivity index (χ4n) is 6.27. The molecule has 0 spiro atoms. The molecule has 0 saturated carbocycles. The molecule has 2 nitrogen and oxygen atoms in total. The smallest absolute Gasteiger partial charge is 0.260 e. The summed E-state index contributed by atoms with van der Waals surface area (Å²) in [6.07, 6.45) is 0. The van der Waals surface area contributed by atoms with E-state index in [1.807, 2.05) is 12.1 Å². The molecule has 6 aromatic carbocycles. The number of rotatable bonds is 3. The molecule has 0 aliphatic carbocycles. The molecule has 0 atom stereocenters. The zero-order valence-corrected chi connectivity index (χ0v) is 22.1. The molecule has 8 rings (SSSR count). The first-order valence-electron chi connectivity index (χ1n) is 13.7. The van der Waals surface area contributed by atoms with Crippen LogP contribution in [0.2, 0.25) is 0 Å². The molecule has 0 fully saturated rings. The van der Waals surface area contributed by atoms with E-state index < -0.39 is 0 Å². The lowest BCUT2D eigenvalue weighted by Crippen LogP contribution is -2.57. The van der Waals surface area contributed by atoms with Crippen molar-refractivity contribution in [1.82, 2.24) is 0 Å². The second-order valence-corrected chi connectivity index (χ2v) is 10.5. The number of hydrogen-bond donors (Lipinski definition) is 0. The van der Waals surface area contributed by atoms with E-state index >= 15 is 0 Å². The molecule has 0 amide bonds. The molecular weight excluding hydrogens is 487 g/mol. The van der Waals surface area contributed by atoms with E-state index in [1.54, 1.807) is 0 Å². The maximum atomic E-state index is 6.78. The molecular formula is C37H25BO2. The van der Waals surface area contributed by atoms with Crippen LogP contribution < -0.4 is 25.9 Å². The minimum Gasteiger partial charge on any atom is -0.458 e. The summed E-state index contributed by atoms with van der Waals surface area (Å²) in [5, 5.41) is 0. The zero-order chi connectivity index (χ0) is 26.6. The summed E-state index contributed by atoms with van der Waals surface area (Å²) in [5.41, 5.74) is 11.5. The van der Waals surface area contributed by atoms with E-state index in [-0.39, 0.29) is 6.71 Å². The Morgan fingerprint density at radius 3 is 1.82 bits per heavy atom. The van der Waals surface area contributed by atoms with Crippen LogP contribution in [0.25, 0.3) is 33.4 Å². The molecule has 188 valence electrons. The van der Waals surface area contributed by atoms with E-state index in [9.17, 15) is 0 Å². The number of para-hydroxylation sites is 1. The molecule has 3 heteroatoms. The van der Waals surface area contributed by atoms with Crippen LogP contribution >= 0.6 is 0 Å². The Morgan fingerprint density at radius 2 is 1.07 bits per heavy atom. The predicted molar refractivity (Wildman–Crippen MR) is 165 cm³/mol. The fourth-order valence-corrected chi connectivity index (χ4v) is 6.27. The first kappa shape index (κ1) is 22.9. The SMILES string of the molecule is Cc1ccccc1-c1ccc2c(c1)B1c3cccc(-c4ccccc4)c3Oc3ccc(-c4ccccc4)c(c31)O2. The third-order valence-electron chi connectivity index (χ3n) is 8.17. The van der Waals surface area contributed by atoms with Gasteiger partial charge < -0.3 is 9.47 Å². The van der Waals surface area contributed by atoms with E-state index in [4.69, 9.17) is 9.47 Å². The van der Waals surface area contributed by atoms with Crippen molar-refractivity contribution in [2.45, 2.75) is 6.92 Å². The summed E-state index contributed by atoms with van der Waals surface area (Å²) in [4.78, 5) is 0. The normalized spacial score (nSPS) is 12.5. The van der Waals surface area contributed by atoms with Crippen molar-refractivity contribution in [2.75, 3.05) is 0 Å². The molecule has 6 aromatic rings. The average Bonchev–Trinajstić information content (AvgIpc) is 3.01. The number of benzene rings is 6. The van der Waals surface area contributed by atoms with Crippen LogP contribution in [0.4, 0.5) is 0 Å². The van der Waals surface area contributed by atoms with Crippen LogP contribution in [-0.4, -0.2) is 6.71 Å². The summed E-state index contributed by atoms with van der Waals surface area (Å²) in [5.74, 6) is 3.53. The Hall–Kier alpha value is -5.02. The van der Waals surface area contributed by atoms with Gasteiger partial charge in [-0.2, -0.15) is 0 Å². The topological polar surface area (TPSA) is 18.5 Å². The Kier molecular flexibility index (Phi) is 5.18. The van der Waals surface area contributed by atoms with Crippen molar-refractivity contribution in [3.05, 3.63) is 139 Å². The van der Waals surface area contributed by atoms with E-state index in [0.717, 1.165) is 61.6 Å². The van der Waals surface area contributed by atoms with Crippen LogP contribution in [0.15, 0.2) is 133 Å². The van der Waals surface area contributed by atoms with Crippen molar-refractivity contribution in [2.24, 2.45) is 0 Å². The summed E-state index contributed by atoms with van der Waals surface area (Å²) < 4.78 is 13.6. The van der Waals surface area contributed by atoms with Crippen LogP contribution in [0.5, 0.6) is 23.0 Å². The Balaban J connectivity index is 1.40. The minimum atomic E-state index is -0.0196. The van der Waals surface area contributed by atoms with Gasteiger partial charge in [0.15, 0.2) is 0 Å². The first-order chi connectivity index (χ1) is 19.8. The van der Waals surface area contributed by atoms with Crippen molar-refractivity contribution >= 4 is 23.1 Å². The van der Waals surface area contributed by atoms with E-state index in [0.29, 0.717) is 0 Å². The second kappa shape index (κ2) is 9.03. The van der Waals surface area contributed by atoms with Crippen LogP contribution in [0.3, 0.4) is 0 Å². The van der Waals surface area contributed by atoms with Gasteiger partial charge in [0.2, 0.25) is 0 Å². The van der Waals surface area contributed by atoms with Gasteiger partial charge in [-0.15, -0.1) is 0 Å². The lowest BCUT2D eigenvalue weighted by molar-refractivity contribution is 0.466. The molecule has 2 aliphatic heterocycles. The number of hydrogen-bond acceptors (Lipinski definition) is 2. The summed E-state index contributed by atoms with van der Waals surface area (Å²) in [6, 6.07) is 46.9. The van der Waals surface area contributed by atoms with Gasteiger partial charge in [0.25, 0.3) is 6.71 Å². The van der Waals surface area contributed by atoms with Gasteiger partial charge in [0.1, 0.15) is 23.0 Å². The number of ether oxygens (including phenoxy) is 2. The van der Waals surface area contributed by atoms with E-state index in [1.165, 1.54) is 16.7 Å². The lowest BCUT2D eigenvalue weighted by atomic mass is 9.34. The lowest BCUT2D eigenvalue weighted by Gasteiger charge is -2.35. The van der Waals surface area contributed by atoms with Gasteiger partial charge in [-0.1, -0.05) is 115 Å². The monoisotopic (exact) mass is 512 g/mol. The molecule has 2 aliphatic rings. The Morgan fingerprint density at radius 1 is 0.450 bits per heavy atom. The summed E-state index contributed by atoms with van der Waals surface area (Å²) in [7, 11) is 0. The molecule has 0 saturated heterocycles.